The van der Waals surface area contributed by atoms with Crippen LogP contribution >= 0.6 is 0 Å². The second kappa shape index (κ2) is 9.84. The minimum atomic E-state index is -0.847. The van der Waals surface area contributed by atoms with Gasteiger partial charge in [-0.2, -0.15) is 5.26 Å². The highest BCUT2D eigenvalue weighted by Gasteiger charge is 2.44. The fraction of sp³-hybridized carbons (Fsp3) is 0.414. The third kappa shape index (κ3) is 5.27. The van der Waals surface area contributed by atoms with Crippen molar-refractivity contribution in [1.82, 2.24) is 9.88 Å². The number of piperidine rings is 1. The summed E-state index contributed by atoms with van der Waals surface area (Å²) in [5.41, 5.74) is 0.434. The van der Waals surface area contributed by atoms with Gasteiger partial charge in [-0.1, -0.05) is 0 Å². The van der Waals surface area contributed by atoms with Gasteiger partial charge in [0.2, 0.25) is 0 Å². The van der Waals surface area contributed by atoms with E-state index in [1.807, 2.05) is 33.0 Å². The molecule has 2 aliphatic heterocycles. The number of pyridine rings is 1. The van der Waals surface area contributed by atoms with Gasteiger partial charge in [0.1, 0.15) is 28.8 Å². The number of likely N-dealkylation sites (tertiary alicyclic amines) is 1. The monoisotopic (exact) mass is 521 g/mol. The molecule has 1 amide bonds. The maximum atomic E-state index is 14.3. The van der Waals surface area contributed by atoms with E-state index < -0.39 is 28.5 Å². The molecule has 0 saturated carbocycles. The van der Waals surface area contributed by atoms with Gasteiger partial charge >= 0.3 is 6.09 Å². The number of amides is 1. The lowest BCUT2D eigenvalue weighted by Gasteiger charge is -2.39. The number of carbonyl (C=O) groups excluding carboxylic acids is 1. The Morgan fingerprint density at radius 1 is 1.16 bits per heavy atom. The molecular formula is C29H29F2N3O4. The van der Waals surface area contributed by atoms with Crippen molar-refractivity contribution in [1.29, 1.82) is 5.26 Å². The molecule has 2 saturated heterocycles. The molecule has 1 spiro atoms. The molecule has 2 aromatic carbocycles. The quantitative estimate of drug-likeness (QED) is 0.394. The number of hydrogen-bond donors (Lipinski definition) is 0. The third-order valence-corrected chi connectivity index (χ3v) is 7.07. The third-order valence-electron chi connectivity index (χ3n) is 7.07. The van der Waals surface area contributed by atoms with Gasteiger partial charge in [-0.05, 0) is 82.0 Å². The maximum absolute atomic E-state index is 14.3. The molecular weight excluding hydrogens is 492 g/mol. The van der Waals surface area contributed by atoms with Gasteiger partial charge in [0.15, 0.2) is 11.6 Å². The highest BCUT2D eigenvalue weighted by atomic mass is 19.1. The zero-order chi connectivity index (χ0) is 27.1. The molecule has 1 aromatic heterocycles. The number of fused-ring (bicyclic) bond motifs is 1. The molecule has 7 nitrogen and oxygen atoms in total. The first-order valence-corrected chi connectivity index (χ1v) is 12.6. The first-order chi connectivity index (χ1) is 18.1. The number of carbonyl (C=O) groups is 1. The molecule has 9 heteroatoms. The minimum absolute atomic E-state index is 0.135. The Labute approximate surface area is 219 Å². The number of hydrogen-bond acceptors (Lipinski definition) is 6. The largest absolute Gasteiger partial charge is 0.453 e. The van der Waals surface area contributed by atoms with E-state index in [1.165, 1.54) is 0 Å². The summed E-state index contributed by atoms with van der Waals surface area (Å²) in [5, 5.41) is 10.0. The molecule has 0 radical (unpaired) electrons. The van der Waals surface area contributed by atoms with E-state index in [9.17, 15) is 18.8 Å². The molecule has 2 fully saturated rings. The van der Waals surface area contributed by atoms with Gasteiger partial charge in [0.25, 0.3) is 0 Å². The summed E-state index contributed by atoms with van der Waals surface area (Å²) in [7, 11) is 0. The Balaban J connectivity index is 1.30. The van der Waals surface area contributed by atoms with Crippen LogP contribution in [-0.2, 0) is 9.47 Å². The maximum Gasteiger partial charge on any atom is 0.410 e. The Bertz CT molecular complexity index is 1420. The van der Waals surface area contributed by atoms with E-state index in [0.717, 1.165) is 47.9 Å². The molecule has 0 bridgehead atoms. The molecule has 2 aliphatic rings. The van der Waals surface area contributed by atoms with Crippen LogP contribution < -0.4 is 4.74 Å². The summed E-state index contributed by atoms with van der Waals surface area (Å²) in [6, 6.07) is 10.5. The second-order valence-electron chi connectivity index (χ2n) is 10.9. The van der Waals surface area contributed by atoms with Crippen molar-refractivity contribution in [2.75, 3.05) is 19.7 Å². The number of aromatic nitrogens is 1. The number of halogens is 2. The summed E-state index contributed by atoms with van der Waals surface area (Å²) in [4.78, 5) is 18.7. The van der Waals surface area contributed by atoms with Crippen LogP contribution in [0.1, 0.15) is 57.1 Å². The average Bonchev–Trinajstić information content (AvgIpc) is 3.28. The molecule has 38 heavy (non-hydrogen) atoms. The first kappa shape index (κ1) is 25.9. The van der Waals surface area contributed by atoms with E-state index in [4.69, 9.17) is 14.2 Å². The topological polar surface area (TPSA) is 84.7 Å². The van der Waals surface area contributed by atoms with Crippen molar-refractivity contribution in [2.24, 2.45) is 0 Å². The van der Waals surface area contributed by atoms with E-state index in [1.54, 1.807) is 29.2 Å². The van der Waals surface area contributed by atoms with Crippen molar-refractivity contribution < 1.29 is 27.8 Å². The van der Waals surface area contributed by atoms with Crippen molar-refractivity contribution >= 4 is 17.0 Å². The van der Waals surface area contributed by atoms with Gasteiger partial charge in [0.05, 0.1) is 17.7 Å². The number of benzene rings is 2. The predicted molar refractivity (Wildman–Crippen MR) is 136 cm³/mol. The summed E-state index contributed by atoms with van der Waals surface area (Å²) in [5.74, 6) is -1.71. The van der Waals surface area contributed by atoms with Crippen LogP contribution in [-0.4, -0.2) is 46.9 Å². The van der Waals surface area contributed by atoms with E-state index in [-0.39, 0.29) is 23.4 Å². The molecule has 1 unspecified atom stereocenters. The predicted octanol–water partition coefficient (Wildman–Crippen LogP) is 6.45. The highest BCUT2D eigenvalue weighted by molar-refractivity contribution is 5.81. The number of rotatable bonds is 3. The van der Waals surface area contributed by atoms with Crippen LogP contribution in [0.3, 0.4) is 0 Å². The fourth-order valence-corrected chi connectivity index (χ4v) is 5.10. The summed E-state index contributed by atoms with van der Waals surface area (Å²) in [6.45, 7) is 7.29. The van der Waals surface area contributed by atoms with Crippen LogP contribution in [0.4, 0.5) is 13.6 Å². The van der Waals surface area contributed by atoms with Crippen molar-refractivity contribution in [3.8, 4) is 17.6 Å². The Morgan fingerprint density at radius 2 is 1.89 bits per heavy atom. The molecule has 5 rings (SSSR count). The smallest absolute Gasteiger partial charge is 0.410 e. The Kier molecular flexibility index (Phi) is 6.70. The SMILES string of the molecule is CC(C)(C)OC(=O)N1CCC2(CC1)CC(c1cnc3ccc(Oc4c(F)ccc(F)c4C#N)cc3c1)CO2. The van der Waals surface area contributed by atoms with Gasteiger partial charge in [0, 0.05) is 30.6 Å². The van der Waals surface area contributed by atoms with Crippen molar-refractivity contribution in [3.05, 3.63) is 65.4 Å². The van der Waals surface area contributed by atoms with Gasteiger partial charge in [-0.25, -0.2) is 13.6 Å². The summed E-state index contributed by atoms with van der Waals surface area (Å²) >= 11 is 0. The van der Waals surface area contributed by atoms with Crippen molar-refractivity contribution in [2.45, 2.75) is 57.2 Å². The highest BCUT2D eigenvalue weighted by Crippen LogP contribution is 2.43. The fourth-order valence-electron chi connectivity index (χ4n) is 5.10. The summed E-state index contributed by atoms with van der Waals surface area (Å²) < 4.78 is 45.7. The zero-order valence-corrected chi connectivity index (χ0v) is 21.6. The van der Waals surface area contributed by atoms with Crippen LogP contribution in [0.15, 0.2) is 42.6 Å². The Hall–Kier alpha value is -3.77. The van der Waals surface area contributed by atoms with Crippen LogP contribution in [0, 0.1) is 23.0 Å². The van der Waals surface area contributed by atoms with Crippen LogP contribution in [0.25, 0.3) is 10.9 Å². The molecule has 0 aliphatic carbocycles. The summed E-state index contributed by atoms with van der Waals surface area (Å²) in [6.07, 6.45) is 3.84. The molecule has 1 atom stereocenters. The van der Waals surface area contributed by atoms with E-state index >= 15 is 0 Å². The van der Waals surface area contributed by atoms with Crippen LogP contribution in [0.2, 0.25) is 0 Å². The number of nitriles is 1. The average molecular weight is 522 g/mol. The number of ether oxygens (including phenoxy) is 3. The standard InChI is InChI=1S/C29H29F2N3O4/c1-28(2,3)38-27(35)34-10-8-29(9-11-34)14-20(17-36-29)19-12-18-13-21(4-7-25(18)33-16-19)37-26-22(15-32)23(30)5-6-24(26)31/h4-7,12-13,16,20H,8-11,14,17H2,1-3H3. The van der Waals surface area contributed by atoms with Gasteiger partial charge in [-0.3, -0.25) is 4.98 Å². The van der Waals surface area contributed by atoms with Gasteiger partial charge in [-0.15, -0.1) is 0 Å². The lowest BCUT2D eigenvalue weighted by atomic mass is 9.83. The lowest BCUT2D eigenvalue weighted by molar-refractivity contribution is -0.0485. The molecule has 3 heterocycles. The minimum Gasteiger partial charge on any atom is -0.453 e. The zero-order valence-electron chi connectivity index (χ0n) is 21.6. The molecule has 0 N–H and O–H groups in total. The molecule has 198 valence electrons. The van der Waals surface area contributed by atoms with Gasteiger partial charge < -0.3 is 19.1 Å². The first-order valence-electron chi connectivity index (χ1n) is 12.6. The Morgan fingerprint density at radius 3 is 2.61 bits per heavy atom. The second-order valence-corrected chi connectivity index (χ2v) is 10.9. The van der Waals surface area contributed by atoms with E-state index in [2.05, 4.69) is 4.98 Å². The lowest BCUT2D eigenvalue weighted by Crippen LogP contribution is -2.47. The van der Waals surface area contributed by atoms with E-state index in [0.29, 0.717) is 19.7 Å². The number of nitrogens with zero attached hydrogens (tertiary/aromatic N) is 3. The molecule has 3 aromatic rings. The van der Waals surface area contributed by atoms with Crippen molar-refractivity contribution in [3.63, 3.8) is 0 Å². The normalized spacial score (nSPS) is 18.9. The van der Waals surface area contributed by atoms with Crippen LogP contribution in [0.5, 0.6) is 11.5 Å².